The zero-order valence-corrected chi connectivity index (χ0v) is 5.90. The van der Waals surface area contributed by atoms with Gasteiger partial charge in [0.05, 0.1) is 0 Å². The Morgan fingerprint density at radius 3 is 2.90 bits per heavy atom. The molecule has 0 aromatic rings. The molecule has 1 unspecified atom stereocenters. The third kappa shape index (κ3) is 1.94. The molecule has 1 aliphatic carbocycles. The smallest absolute Gasteiger partial charge is 0.122 e. The molecule has 0 aliphatic heterocycles. The summed E-state index contributed by atoms with van der Waals surface area (Å²) < 4.78 is 24.9. The Balaban J connectivity index is 2.72. The number of hydrogen-bond acceptors (Lipinski definition) is 0. The van der Waals surface area contributed by atoms with Gasteiger partial charge in [0.1, 0.15) is 11.7 Å². The summed E-state index contributed by atoms with van der Waals surface area (Å²) in [6, 6.07) is 0. The summed E-state index contributed by atoms with van der Waals surface area (Å²) >= 11 is 0. The van der Waals surface area contributed by atoms with Crippen molar-refractivity contribution in [3.8, 4) is 0 Å². The lowest BCUT2D eigenvalue weighted by atomic mass is 10.1. The highest BCUT2D eigenvalue weighted by atomic mass is 19.1. The molecule has 0 fully saturated rings. The van der Waals surface area contributed by atoms with Gasteiger partial charge in [0, 0.05) is 6.08 Å². The van der Waals surface area contributed by atoms with Crippen LogP contribution in [-0.4, -0.2) is 0 Å². The summed E-state index contributed by atoms with van der Waals surface area (Å²) in [6.07, 6.45) is 3.48. The lowest BCUT2D eigenvalue weighted by molar-refractivity contribution is 0.543. The highest BCUT2D eigenvalue weighted by molar-refractivity contribution is 5.17. The van der Waals surface area contributed by atoms with Gasteiger partial charge in [0.15, 0.2) is 0 Å². The first-order valence-corrected chi connectivity index (χ1v) is 3.42. The Kier molecular flexibility index (Phi) is 2.20. The maximum atomic E-state index is 12.5. The zero-order chi connectivity index (χ0) is 7.56. The first-order valence-electron chi connectivity index (χ1n) is 3.42. The molecule has 0 heterocycles. The van der Waals surface area contributed by atoms with Crippen molar-refractivity contribution in [1.29, 1.82) is 0 Å². The van der Waals surface area contributed by atoms with E-state index in [0.717, 1.165) is 6.08 Å². The van der Waals surface area contributed by atoms with Gasteiger partial charge in [0.2, 0.25) is 0 Å². The van der Waals surface area contributed by atoms with Gasteiger partial charge < -0.3 is 0 Å². The fourth-order valence-electron chi connectivity index (χ4n) is 0.991. The van der Waals surface area contributed by atoms with Crippen molar-refractivity contribution in [1.82, 2.24) is 0 Å². The van der Waals surface area contributed by atoms with E-state index in [4.69, 9.17) is 0 Å². The molecular formula is C8H10F2. The van der Waals surface area contributed by atoms with Crippen molar-refractivity contribution in [3.63, 3.8) is 0 Å². The van der Waals surface area contributed by atoms with Crippen molar-refractivity contribution in [3.05, 3.63) is 23.8 Å². The Hall–Kier alpha value is -0.660. The predicted octanol–water partition coefficient (Wildman–Crippen LogP) is 3.12. The van der Waals surface area contributed by atoms with Crippen LogP contribution in [0.25, 0.3) is 0 Å². The second-order valence-electron chi connectivity index (χ2n) is 2.66. The van der Waals surface area contributed by atoms with Crippen molar-refractivity contribution in [2.45, 2.75) is 19.8 Å². The molecular weight excluding hydrogens is 134 g/mol. The van der Waals surface area contributed by atoms with Crippen LogP contribution < -0.4 is 0 Å². The SMILES string of the molecule is CC1C=C(F)C=C(F)CC1. The first kappa shape index (κ1) is 7.45. The van der Waals surface area contributed by atoms with E-state index in [1.165, 1.54) is 6.08 Å². The van der Waals surface area contributed by atoms with Crippen molar-refractivity contribution < 1.29 is 8.78 Å². The number of hydrogen-bond donors (Lipinski definition) is 0. The number of rotatable bonds is 0. The largest absolute Gasteiger partial charge is 0.212 e. The maximum absolute atomic E-state index is 12.5. The van der Waals surface area contributed by atoms with Crippen LogP contribution in [0.5, 0.6) is 0 Å². The molecule has 1 rings (SSSR count). The number of allylic oxidation sites excluding steroid dienone is 4. The Labute approximate surface area is 59.2 Å². The van der Waals surface area contributed by atoms with Crippen LogP contribution in [0.1, 0.15) is 19.8 Å². The molecule has 0 saturated carbocycles. The van der Waals surface area contributed by atoms with Gasteiger partial charge in [-0.05, 0) is 24.8 Å². The van der Waals surface area contributed by atoms with E-state index < -0.39 is 5.83 Å². The molecule has 0 aromatic heterocycles. The molecule has 1 atom stereocenters. The van der Waals surface area contributed by atoms with Crippen LogP contribution in [0, 0.1) is 5.92 Å². The van der Waals surface area contributed by atoms with E-state index in [2.05, 4.69) is 0 Å². The van der Waals surface area contributed by atoms with Crippen molar-refractivity contribution >= 4 is 0 Å². The minimum Gasteiger partial charge on any atom is -0.212 e. The molecule has 0 N–H and O–H groups in total. The summed E-state index contributed by atoms with van der Waals surface area (Å²) in [4.78, 5) is 0. The summed E-state index contributed by atoms with van der Waals surface area (Å²) in [5.74, 6) is -0.634. The molecule has 2 heteroatoms. The van der Waals surface area contributed by atoms with Gasteiger partial charge in [-0.25, -0.2) is 8.78 Å². The molecule has 0 nitrogen and oxygen atoms in total. The third-order valence-electron chi connectivity index (χ3n) is 1.58. The predicted molar refractivity (Wildman–Crippen MR) is 36.8 cm³/mol. The van der Waals surface area contributed by atoms with E-state index in [1.54, 1.807) is 0 Å². The van der Waals surface area contributed by atoms with Crippen LogP contribution in [0.15, 0.2) is 23.8 Å². The Morgan fingerprint density at radius 2 is 2.20 bits per heavy atom. The molecule has 0 spiro atoms. The summed E-state index contributed by atoms with van der Waals surface area (Å²) in [7, 11) is 0. The Morgan fingerprint density at radius 1 is 1.50 bits per heavy atom. The fraction of sp³-hybridized carbons (Fsp3) is 0.500. The molecule has 0 radical (unpaired) electrons. The topological polar surface area (TPSA) is 0 Å². The van der Waals surface area contributed by atoms with Crippen LogP contribution in [0.2, 0.25) is 0 Å². The summed E-state index contributed by atoms with van der Waals surface area (Å²) in [6.45, 7) is 1.88. The van der Waals surface area contributed by atoms with Gasteiger partial charge >= 0.3 is 0 Å². The maximum Gasteiger partial charge on any atom is 0.122 e. The van der Waals surface area contributed by atoms with E-state index >= 15 is 0 Å². The van der Waals surface area contributed by atoms with Gasteiger partial charge in [-0.3, -0.25) is 0 Å². The second kappa shape index (κ2) is 2.95. The van der Waals surface area contributed by atoms with Crippen LogP contribution in [0.3, 0.4) is 0 Å². The quantitative estimate of drug-likeness (QED) is 0.490. The minimum absolute atomic E-state index is 0.157. The van der Waals surface area contributed by atoms with Crippen LogP contribution >= 0.6 is 0 Å². The fourth-order valence-corrected chi connectivity index (χ4v) is 0.991. The monoisotopic (exact) mass is 144 g/mol. The lowest BCUT2D eigenvalue weighted by Crippen LogP contribution is -1.86. The standard InChI is InChI=1S/C8H10F2/c1-6-2-3-7(9)5-8(10)4-6/h4-6H,2-3H2,1H3. The highest BCUT2D eigenvalue weighted by Crippen LogP contribution is 2.22. The molecule has 1 aliphatic rings. The van der Waals surface area contributed by atoms with E-state index in [1.807, 2.05) is 6.92 Å². The van der Waals surface area contributed by atoms with Gasteiger partial charge in [0.25, 0.3) is 0 Å². The molecule has 0 bridgehead atoms. The van der Waals surface area contributed by atoms with Crippen molar-refractivity contribution in [2.75, 3.05) is 0 Å². The summed E-state index contributed by atoms with van der Waals surface area (Å²) in [5.41, 5.74) is 0. The van der Waals surface area contributed by atoms with Gasteiger partial charge in [-0.15, -0.1) is 0 Å². The van der Waals surface area contributed by atoms with Gasteiger partial charge in [-0.1, -0.05) is 6.92 Å². The lowest BCUT2D eigenvalue weighted by Gasteiger charge is -1.99. The van der Waals surface area contributed by atoms with Crippen LogP contribution in [-0.2, 0) is 0 Å². The molecule has 56 valence electrons. The molecule has 10 heavy (non-hydrogen) atoms. The second-order valence-corrected chi connectivity index (χ2v) is 2.66. The van der Waals surface area contributed by atoms with E-state index in [9.17, 15) is 8.78 Å². The van der Waals surface area contributed by atoms with Crippen LogP contribution in [0.4, 0.5) is 8.78 Å². The van der Waals surface area contributed by atoms with Crippen molar-refractivity contribution in [2.24, 2.45) is 5.92 Å². The van der Waals surface area contributed by atoms with E-state index in [-0.39, 0.29) is 11.7 Å². The molecule has 0 amide bonds. The number of halogens is 2. The normalized spacial score (nSPS) is 26.9. The van der Waals surface area contributed by atoms with E-state index in [0.29, 0.717) is 12.8 Å². The highest BCUT2D eigenvalue weighted by Gasteiger charge is 2.07. The average molecular weight is 144 g/mol. The average Bonchev–Trinajstić information content (AvgIpc) is 1.93. The summed E-state index contributed by atoms with van der Waals surface area (Å²) in [5, 5.41) is 0. The van der Waals surface area contributed by atoms with Gasteiger partial charge in [-0.2, -0.15) is 0 Å². The molecule has 0 saturated heterocycles. The Bertz CT molecular complexity index is 180. The zero-order valence-electron chi connectivity index (χ0n) is 5.90. The minimum atomic E-state index is -0.442. The third-order valence-corrected chi connectivity index (χ3v) is 1.58. The molecule has 0 aromatic carbocycles. The first-order chi connectivity index (χ1) is 4.68.